The average molecular weight is 416 g/mol. The van der Waals surface area contributed by atoms with E-state index in [2.05, 4.69) is 0 Å². The van der Waals surface area contributed by atoms with Crippen LogP contribution in [-0.4, -0.2) is 21.9 Å². The van der Waals surface area contributed by atoms with Gasteiger partial charge in [-0.2, -0.15) is 5.26 Å². The molecular formula is C25H21FN2O3. The lowest BCUT2D eigenvalue weighted by Crippen LogP contribution is -2.39. The largest absolute Gasteiger partial charge is 0.479 e. The third-order valence-corrected chi connectivity index (χ3v) is 4.95. The van der Waals surface area contributed by atoms with Crippen LogP contribution in [0.1, 0.15) is 44.2 Å². The van der Waals surface area contributed by atoms with Crippen molar-refractivity contribution in [1.29, 1.82) is 5.26 Å². The minimum atomic E-state index is -1.36. The Bertz CT molecular complexity index is 1170. The van der Waals surface area contributed by atoms with Crippen LogP contribution in [0.5, 0.6) is 0 Å². The Morgan fingerprint density at radius 1 is 1.03 bits per heavy atom. The lowest BCUT2D eigenvalue weighted by molar-refractivity contribution is -0.142. The molecule has 1 atom stereocenters. The third-order valence-electron chi connectivity index (χ3n) is 4.95. The average Bonchev–Trinajstić information content (AvgIpc) is 2.75. The second-order valence-electron chi connectivity index (χ2n) is 7.38. The first kappa shape index (κ1) is 21.7. The van der Waals surface area contributed by atoms with Gasteiger partial charge in [0.1, 0.15) is 5.82 Å². The van der Waals surface area contributed by atoms with Crippen LogP contribution in [-0.2, 0) is 11.3 Å². The predicted molar refractivity (Wildman–Crippen MR) is 114 cm³/mol. The molecule has 0 spiro atoms. The maximum Gasteiger partial charge on any atom is 0.331 e. The van der Waals surface area contributed by atoms with Crippen LogP contribution in [0.2, 0.25) is 0 Å². The number of carbonyl (C=O) groups excluding carboxylic acids is 1. The number of hydrogen-bond donors (Lipinski definition) is 1. The highest BCUT2D eigenvalue weighted by molar-refractivity contribution is 5.97. The molecule has 156 valence electrons. The second-order valence-corrected chi connectivity index (χ2v) is 7.38. The summed E-state index contributed by atoms with van der Waals surface area (Å²) in [6.07, 6.45) is 0. The first-order chi connectivity index (χ1) is 14.8. The minimum Gasteiger partial charge on any atom is -0.479 e. The number of amides is 1. The van der Waals surface area contributed by atoms with Gasteiger partial charge < -0.3 is 10.0 Å². The minimum absolute atomic E-state index is 0.0230. The lowest BCUT2D eigenvalue weighted by atomic mass is 10.0. The lowest BCUT2D eigenvalue weighted by Gasteiger charge is -2.30. The summed E-state index contributed by atoms with van der Waals surface area (Å²) in [5.74, 6) is -2.69. The Labute approximate surface area is 180 Å². The summed E-state index contributed by atoms with van der Waals surface area (Å²) in [4.78, 5) is 26.9. The molecule has 0 saturated carbocycles. The first-order valence-electron chi connectivity index (χ1n) is 9.65. The van der Waals surface area contributed by atoms with Gasteiger partial charge in [0.05, 0.1) is 17.2 Å². The highest BCUT2D eigenvalue weighted by Crippen LogP contribution is 2.27. The van der Waals surface area contributed by atoms with Crippen molar-refractivity contribution in [3.8, 4) is 6.07 Å². The van der Waals surface area contributed by atoms with Gasteiger partial charge in [-0.05, 0) is 49.2 Å². The maximum atomic E-state index is 14.5. The van der Waals surface area contributed by atoms with Crippen molar-refractivity contribution in [2.45, 2.75) is 26.4 Å². The van der Waals surface area contributed by atoms with Gasteiger partial charge in [-0.1, -0.05) is 53.6 Å². The summed E-state index contributed by atoms with van der Waals surface area (Å²) in [5, 5.41) is 19.1. The molecule has 0 aliphatic rings. The van der Waals surface area contributed by atoms with Crippen molar-refractivity contribution >= 4 is 11.9 Å². The summed E-state index contributed by atoms with van der Waals surface area (Å²) in [7, 11) is 0. The van der Waals surface area contributed by atoms with Crippen LogP contribution < -0.4 is 0 Å². The second kappa shape index (κ2) is 9.23. The standard InChI is InChI=1S/C25H21FN2O3/c1-16-4-3-5-19(12-16)15-28(24(29)21-13-17(2)6-11-22(21)26)23(25(30)31)20-9-7-18(14-27)8-10-20/h3-13,23H,15H2,1-2H3,(H,30,31). The number of aliphatic carboxylic acids is 1. The molecule has 3 aromatic rings. The highest BCUT2D eigenvalue weighted by atomic mass is 19.1. The van der Waals surface area contributed by atoms with E-state index in [9.17, 15) is 19.1 Å². The zero-order chi connectivity index (χ0) is 22.5. The monoisotopic (exact) mass is 416 g/mol. The van der Waals surface area contributed by atoms with E-state index < -0.39 is 23.7 Å². The molecule has 0 bridgehead atoms. The molecule has 0 aliphatic heterocycles. The molecule has 1 amide bonds. The van der Waals surface area contributed by atoms with E-state index in [-0.39, 0.29) is 12.1 Å². The van der Waals surface area contributed by atoms with E-state index >= 15 is 0 Å². The molecule has 0 aromatic heterocycles. The predicted octanol–water partition coefficient (Wildman–Crippen LogP) is 4.78. The Balaban J connectivity index is 2.12. The molecule has 3 aromatic carbocycles. The third kappa shape index (κ3) is 4.96. The van der Waals surface area contributed by atoms with Gasteiger partial charge in [0.2, 0.25) is 0 Å². The molecule has 31 heavy (non-hydrogen) atoms. The van der Waals surface area contributed by atoms with E-state index in [1.807, 2.05) is 31.2 Å². The van der Waals surface area contributed by atoms with Gasteiger partial charge >= 0.3 is 5.97 Å². The quantitative estimate of drug-likeness (QED) is 0.627. The summed E-state index contributed by atoms with van der Waals surface area (Å²) < 4.78 is 14.5. The number of nitriles is 1. The van der Waals surface area contributed by atoms with Crippen LogP contribution in [0, 0.1) is 31.0 Å². The van der Waals surface area contributed by atoms with Crippen LogP contribution in [0.25, 0.3) is 0 Å². The topological polar surface area (TPSA) is 81.4 Å². The SMILES string of the molecule is Cc1cccc(CN(C(=O)c2cc(C)ccc2F)C(C(=O)O)c2ccc(C#N)cc2)c1. The van der Waals surface area contributed by atoms with Crippen molar-refractivity contribution in [3.63, 3.8) is 0 Å². The van der Waals surface area contributed by atoms with Crippen molar-refractivity contribution in [1.82, 2.24) is 4.90 Å². The van der Waals surface area contributed by atoms with E-state index in [1.165, 1.54) is 36.4 Å². The fourth-order valence-corrected chi connectivity index (χ4v) is 3.44. The summed E-state index contributed by atoms with van der Waals surface area (Å²) in [5.41, 5.74) is 2.87. The van der Waals surface area contributed by atoms with Crippen molar-refractivity contribution in [2.24, 2.45) is 0 Å². The van der Waals surface area contributed by atoms with Crippen LogP contribution in [0.4, 0.5) is 4.39 Å². The fraction of sp³-hybridized carbons (Fsp3) is 0.160. The Morgan fingerprint density at radius 2 is 1.71 bits per heavy atom. The van der Waals surface area contributed by atoms with Crippen molar-refractivity contribution in [2.75, 3.05) is 0 Å². The molecule has 0 radical (unpaired) electrons. The van der Waals surface area contributed by atoms with Crippen LogP contribution in [0.15, 0.2) is 66.7 Å². The Hall–Kier alpha value is -3.98. The number of nitrogens with zero attached hydrogens (tertiary/aromatic N) is 2. The van der Waals surface area contributed by atoms with E-state index in [0.29, 0.717) is 16.7 Å². The molecule has 3 rings (SSSR count). The summed E-state index contributed by atoms with van der Waals surface area (Å²) in [6.45, 7) is 3.60. The maximum absolute atomic E-state index is 14.5. The van der Waals surface area contributed by atoms with Gasteiger partial charge in [-0.25, -0.2) is 9.18 Å². The number of carboxylic acid groups (broad SMARTS) is 1. The number of aryl methyl sites for hydroxylation is 2. The fourth-order valence-electron chi connectivity index (χ4n) is 3.44. The van der Waals surface area contributed by atoms with Crippen molar-refractivity contribution < 1.29 is 19.1 Å². The molecule has 0 aliphatic carbocycles. The molecule has 0 heterocycles. The Kier molecular flexibility index (Phi) is 6.46. The number of carboxylic acids is 1. The Morgan fingerprint density at radius 3 is 2.32 bits per heavy atom. The van der Waals surface area contributed by atoms with Crippen LogP contribution in [0.3, 0.4) is 0 Å². The zero-order valence-electron chi connectivity index (χ0n) is 17.2. The summed E-state index contributed by atoms with van der Waals surface area (Å²) >= 11 is 0. The first-order valence-corrected chi connectivity index (χ1v) is 9.65. The number of hydrogen-bond acceptors (Lipinski definition) is 3. The van der Waals surface area contributed by atoms with Gasteiger partial charge in [-0.3, -0.25) is 4.79 Å². The van der Waals surface area contributed by atoms with E-state index in [0.717, 1.165) is 16.0 Å². The molecule has 5 nitrogen and oxygen atoms in total. The van der Waals surface area contributed by atoms with Crippen LogP contribution >= 0.6 is 0 Å². The van der Waals surface area contributed by atoms with Gasteiger partial charge in [0.15, 0.2) is 6.04 Å². The smallest absolute Gasteiger partial charge is 0.331 e. The number of benzene rings is 3. The van der Waals surface area contributed by atoms with E-state index in [4.69, 9.17) is 5.26 Å². The molecule has 1 unspecified atom stereocenters. The number of halogens is 1. The zero-order valence-corrected chi connectivity index (χ0v) is 17.2. The molecule has 0 fully saturated rings. The summed E-state index contributed by atoms with van der Waals surface area (Å²) in [6, 6.07) is 18.1. The normalized spacial score (nSPS) is 11.4. The van der Waals surface area contributed by atoms with Crippen molar-refractivity contribution in [3.05, 3.63) is 106 Å². The molecule has 1 N–H and O–H groups in total. The highest BCUT2D eigenvalue weighted by Gasteiger charge is 2.33. The van der Waals surface area contributed by atoms with E-state index in [1.54, 1.807) is 19.1 Å². The van der Waals surface area contributed by atoms with Gasteiger partial charge in [0.25, 0.3) is 5.91 Å². The number of rotatable bonds is 6. The van der Waals surface area contributed by atoms with Gasteiger partial charge in [-0.15, -0.1) is 0 Å². The molecule has 0 saturated heterocycles. The van der Waals surface area contributed by atoms with Gasteiger partial charge in [0, 0.05) is 6.54 Å². The number of carbonyl (C=O) groups is 2. The molecular weight excluding hydrogens is 395 g/mol. The molecule has 6 heteroatoms.